The summed E-state index contributed by atoms with van der Waals surface area (Å²) < 4.78 is 0. The Labute approximate surface area is 90.3 Å². The molecule has 0 atom stereocenters. The normalized spacial score (nSPS) is 10.8. The van der Waals surface area contributed by atoms with Crippen LogP contribution < -0.4 is 10.6 Å². The van der Waals surface area contributed by atoms with Crippen LogP contribution in [0.25, 0.3) is 0 Å². The summed E-state index contributed by atoms with van der Waals surface area (Å²) in [5.74, 6) is -1.10. The molecule has 0 radical (unpaired) electrons. The molecular formula is C8H11N3O3S. The van der Waals surface area contributed by atoms with E-state index in [-0.39, 0.29) is 0 Å². The minimum absolute atomic E-state index is 0.425. The van der Waals surface area contributed by atoms with Crippen molar-refractivity contribution in [3.8, 4) is 0 Å². The third-order valence-electron chi connectivity index (χ3n) is 1.61. The van der Waals surface area contributed by atoms with E-state index < -0.39 is 17.5 Å². The topological polar surface area (TPSA) is 91.3 Å². The lowest BCUT2D eigenvalue weighted by molar-refractivity contribution is -0.142. The van der Waals surface area contributed by atoms with E-state index in [1.807, 2.05) is 0 Å². The Kier molecular flexibility index (Phi) is 3.25. The highest BCUT2D eigenvalue weighted by Gasteiger charge is 2.28. The Balaban J connectivity index is 2.53. The number of carboxylic acids is 1. The highest BCUT2D eigenvalue weighted by Crippen LogP contribution is 2.10. The molecule has 3 N–H and O–H groups in total. The third kappa shape index (κ3) is 3.21. The first kappa shape index (κ1) is 11.4. The minimum Gasteiger partial charge on any atom is -0.480 e. The molecule has 0 saturated heterocycles. The summed E-state index contributed by atoms with van der Waals surface area (Å²) in [6.45, 7) is 2.80. The highest BCUT2D eigenvalue weighted by molar-refractivity contribution is 7.13. The number of carboxylic acid groups (broad SMARTS) is 1. The summed E-state index contributed by atoms with van der Waals surface area (Å²) in [5, 5.41) is 15.6. The van der Waals surface area contributed by atoms with E-state index in [1.165, 1.54) is 25.2 Å². The number of nitrogens with zero attached hydrogens (tertiary/aromatic N) is 1. The van der Waals surface area contributed by atoms with Crippen molar-refractivity contribution in [2.45, 2.75) is 19.4 Å². The lowest BCUT2D eigenvalue weighted by Crippen LogP contribution is -2.51. The molecule has 1 aromatic rings. The van der Waals surface area contributed by atoms with Crippen LogP contribution in [-0.4, -0.2) is 27.6 Å². The van der Waals surface area contributed by atoms with Crippen molar-refractivity contribution in [1.29, 1.82) is 0 Å². The zero-order chi connectivity index (χ0) is 11.5. The molecule has 7 heteroatoms. The van der Waals surface area contributed by atoms with Crippen LogP contribution in [0.4, 0.5) is 9.93 Å². The number of aliphatic carboxylic acids is 1. The Morgan fingerprint density at radius 3 is 2.67 bits per heavy atom. The van der Waals surface area contributed by atoms with Crippen molar-refractivity contribution in [2.75, 3.05) is 5.32 Å². The van der Waals surface area contributed by atoms with Gasteiger partial charge in [-0.05, 0) is 13.8 Å². The van der Waals surface area contributed by atoms with Gasteiger partial charge in [0.25, 0.3) is 0 Å². The third-order valence-corrected chi connectivity index (χ3v) is 2.30. The number of rotatable bonds is 3. The maximum Gasteiger partial charge on any atom is 0.328 e. The average molecular weight is 229 g/mol. The first-order valence-electron chi connectivity index (χ1n) is 4.14. The highest BCUT2D eigenvalue weighted by atomic mass is 32.1. The Morgan fingerprint density at radius 2 is 2.20 bits per heavy atom. The molecule has 0 bridgehead atoms. The summed E-state index contributed by atoms with van der Waals surface area (Å²) in [6, 6.07) is -0.586. The van der Waals surface area contributed by atoms with Crippen molar-refractivity contribution in [3.05, 3.63) is 11.6 Å². The van der Waals surface area contributed by atoms with Crippen LogP contribution in [-0.2, 0) is 4.79 Å². The van der Waals surface area contributed by atoms with Crippen LogP contribution in [0, 0.1) is 0 Å². The lowest BCUT2D eigenvalue weighted by atomic mass is 10.1. The largest absolute Gasteiger partial charge is 0.480 e. The number of hydrogen-bond acceptors (Lipinski definition) is 4. The van der Waals surface area contributed by atoms with Gasteiger partial charge in [0, 0.05) is 11.6 Å². The fraction of sp³-hybridized carbons (Fsp3) is 0.375. The Bertz CT molecular complexity index is 361. The first-order chi connectivity index (χ1) is 6.92. The summed E-state index contributed by atoms with van der Waals surface area (Å²) in [7, 11) is 0. The van der Waals surface area contributed by atoms with Gasteiger partial charge in [-0.25, -0.2) is 14.6 Å². The Hall–Kier alpha value is -1.63. The minimum atomic E-state index is -1.30. The molecule has 0 aliphatic rings. The number of urea groups is 1. The maximum absolute atomic E-state index is 11.3. The Morgan fingerprint density at radius 1 is 1.53 bits per heavy atom. The van der Waals surface area contributed by atoms with Gasteiger partial charge in [0.2, 0.25) is 0 Å². The van der Waals surface area contributed by atoms with E-state index in [0.29, 0.717) is 5.13 Å². The van der Waals surface area contributed by atoms with Crippen LogP contribution >= 0.6 is 11.3 Å². The molecule has 0 spiro atoms. The number of thiazole rings is 1. The molecule has 1 aromatic heterocycles. The van der Waals surface area contributed by atoms with Crippen molar-refractivity contribution in [2.24, 2.45) is 0 Å². The van der Waals surface area contributed by atoms with Crippen molar-refractivity contribution < 1.29 is 14.7 Å². The molecule has 1 rings (SSSR count). The van der Waals surface area contributed by atoms with E-state index in [0.717, 1.165) is 0 Å². The molecule has 0 aliphatic carbocycles. The van der Waals surface area contributed by atoms with E-state index in [2.05, 4.69) is 15.6 Å². The van der Waals surface area contributed by atoms with Gasteiger partial charge in [0.05, 0.1) is 0 Å². The average Bonchev–Trinajstić information content (AvgIpc) is 2.54. The van der Waals surface area contributed by atoms with E-state index in [1.54, 1.807) is 11.6 Å². The first-order valence-corrected chi connectivity index (χ1v) is 5.02. The van der Waals surface area contributed by atoms with Gasteiger partial charge >= 0.3 is 12.0 Å². The number of hydrogen-bond donors (Lipinski definition) is 3. The molecular weight excluding hydrogens is 218 g/mol. The van der Waals surface area contributed by atoms with Gasteiger partial charge in [-0.15, -0.1) is 11.3 Å². The van der Waals surface area contributed by atoms with Crippen LogP contribution in [0.3, 0.4) is 0 Å². The van der Waals surface area contributed by atoms with Gasteiger partial charge in [-0.2, -0.15) is 0 Å². The second-order valence-electron chi connectivity index (χ2n) is 3.35. The van der Waals surface area contributed by atoms with Gasteiger partial charge in [-0.3, -0.25) is 5.32 Å². The van der Waals surface area contributed by atoms with Gasteiger partial charge < -0.3 is 10.4 Å². The smallest absolute Gasteiger partial charge is 0.328 e. The fourth-order valence-corrected chi connectivity index (χ4v) is 1.27. The van der Waals surface area contributed by atoms with Gasteiger partial charge in [-0.1, -0.05) is 0 Å². The van der Waals surface area contributed by atoms with Gasteiger partial charge in [0.1, 0.15) is 5.54 Å². The monoisotopic (exact) mass is 229 g/mol. The zero-order valence-corrected chi connectivity index (χ0v) is 9.09. The zero-order valence-electron chi connectivity index (χ0n) is 8.27. The van der Waals surface area contributed by atoms with Crippen molar-refractivity contribution in [1.82, 2.24) is 10.3 Å². The molecule has 0 unspecified atom stereocenters. The number of carbonyl (C=O) groups is 2. The molecule has 82 valence electrons. The molecule has 6 nitrogen and oxygen atoms in total. The molecule has 0 aromatic carbocycles. The number of amides is 2. The number of aromatic nitrogens is 1. The van der Waals surface area contributed by atoms with E-state index >= 15 is 0 Å². The molecule has 15 heavy (non-hydrogen) atoms. The van der Waals surface area contributed by atoms with Crippen molar-refractivity contribution in [3.63, 3.8) is 0 Å². The van der Waals surface area contributed by atoms with Crippen LogP contribution in [0.15, 0.2) is 11.6 Å². The van der Waals surface area contributed by atoms with Crippen molar-refractivity contribution >= 4 is 28.5 Å². The molecule has 1 heterocycles. The standard InChI is InChI=1S/C8H11N3O3S/c1-8(2,5(12)13)11-6(14)10-7-9-3-4-15-7/h3-4H,1-2H3,(H,12,13)(H2,9,10,11,14). The molecule has 0 fully saturated rings. The molecule has 2 amide bonds. The second kappa shape index (κ2) is 4.26. The number of anilines is 1. The van der Waals surface area contributed by atoms with Crippen LogP contribution in [0.2, 0.25) is 0 Å². The summed E-state index contributed by atoms with van der Waals surface area (Å²) in [6.07, 6.45) is 1.54. The van der Waals surface area contributed by atoms with Crippen LogP contribution in [0.5, 0.6) is 0 Å². The summed E-state index contributed by atoms with van der Waals surface area (Å²) in [4.78, 5) is 25.8. The number of nitrogens with one attached hydrogen (secondary N) is 2. The van der Waals surface area contributed by atoms with E-state index in [4.69, 9.17) is 5.11 Å². The summed E-state index contributed by atoms with van der Waals surface area (Å²) >= 11 is 1.26. The second-order valence-corrected chi connectivity index (χ2v) is 4.24. The maximum atomic E-state index is 11.3. The summed E-state index contributed by atoms with van der Waals surface area (Å²) in [5.41, 5.74) is -1.30. The SMILES string of the molecule is CC(C)(NC(=O)Nc1nccs1)C(=O)O. The van der Waals surface area contributed by atoms with Gasteiger partial charge in [0.15, 0.2) is 5.13 Å². The fourth-order valence-electron chi connectivity index (χ4n) is 0.751. The quantitative estimate of drug-likeness (QED) is 0.724. The van der Waals surface area contributed by atoms with Crippen LogP contribution in [0.1, 0.15) is 13.8 Å². The number of carbonyl (C=O) groups excluding carboxylic acids is 1. The van der Waals surface area contributed by atoms with E-state index in [9.17, 15) is 9.59 Å². The molecule has 0 saturated carbocycles. The molecule has 0 aliphatic heterocycles. The predicted molar refractivity (Wildman–Crippen MR) is 56.0 cm³/mol. The predicted octanol–water partition coefficient (Wildman–Crippen LogP) is 1.13. The lowest BCUT2D eigenvalue weighted by Gasteiger charge is -2.20.